The normalized spacial score (nSPS) is 7.00. The third kappa shape index (κ3) is 8.82. The first-order valence-corrected chi connectivity index (χ1v) is 1.81. The first-order chi connectivity index (χ1) is 2.41. The van der Waals surface area contributed by atoms with Crippen LogP contribution in [-0.4, -0.2) is 26.4 Å². The van der Waals surface area contributed by atoms with E-state index in [4.69, 9.17) is 0 Å². The van der Waals surface area contributed by atoms with Gasteiger partial charge in [-0.2, -0.15) is 0 Å². The predicted octanol–water partition coefficient (Wildman–Crippen LogP) is -0.174. The molecule has 0 aromatic carbocycles. The Labute approximate surface area is 53.3 Å². The van der Waals surface area contributed by atoms with Gasteiger partial charge in [0.25, 0.3) is 0 Å². The van der Waals surface area contributed by atoms with Gasteiger partial charge in [-0.3, -0.25) is 0 Å². The van der Waals surface area contributed by atoms with Crippen molar-refractivity contribution in [1.29, 1.82) is 0 Å². The number of rotatable bonds is 2. The Bertz CT molecular complexity index is 19.2. The summed E-state index contributed by atoms with van der Waals surface area (Å²) < 4.78 is 0. The first-order valence-electron chi connectivity index (χ1n) is 1.81. The minimum absolute atomic E-state index is 0. The summed E-state index contributed by atoms with van der Waals surface area (Å²) in [6.07, 6.45) is 2.60. The molecule has 0 saturated carbocycles. The van der Waals surface area contributed by atoms with Crippen molar-refractivity contribution >= 4 is 19.8 Å². The van der Waals surface area contributed by atoms with Crippen LogP contribution in [0.15, 0.2) is 0 Å². The molecule has 0 spiro atoms. The molecule has 2 heteroatoms. The van der Waals surface area contributed by atoms with Gasteiger partial charge < -0.3 is 5.11 Å². The second-order valence-electron chi connectivity index (χ2n) is 0.864. The molecule has 0 aliphatic carbocycles. The zero-order chi connectivity index (χ0) is 4.12. The molecule has 0 bridgehead atoms. The fraction of sp³-hybridized carbons (Fsp3) is 0.750. The van der Waals surface area contributed by atoms with E-state index in [1.807, 2.05) is 6.92 Å². The van der Waals surface area contributed by atoms with Crippen LogP contribution < -0.4 is 5.11 Å². The smallest absolute Gasteiger partial charge is 0 e. The molecule has 0 aromatic rings. The van der Waals surface area contributed by atoms with Crippen molar-refractivity contribution in [2.45, 2.75) is 13.3 Å². The van der Waals surface area contributed by atoms with E-state index in [9.17, 15) is 5.11 Å². The van der Waals surface area contributed by atoms with Gasteiger partial charge in [-0.25, -0.2) is 0 Å². The average Bonchev–Trinajstić information content (AvgIpc) is 1.41. The summed E-state index contributed by atoms with van der Waals surface area (Å²) in [4.78, 5) is 0. The van der Waals surface area contributed by atoms with Gasteiger partial charge in [0.05, 0.1) is 0 Å². The van der Waals surface area contributed by atoms with Crippen molar-refractivity contribution in [1.82, 2.24) is 0 Å². The molecule has 0 saturated heterocycles. The van der Waals surface area contributed by atoms with Gasteiger partial charge in [0.2, 0.25) is 0 Å². The van der Waals surface area contributed by atoms with Gasteiger partial charge in [0, 0.05) is 21.2 Å². The van der Waals surface area contributed by atoms with Crippen LogP contribution in [0.4, 0.5) is 0 Å². The molecule has 0 N–H and O–H groups in total. The Hall–Kier alpha value is 0.596. The van der Waals surface area contributed by atoms with Crippen molar-refractivity contribution in [3.63, 3.8) is 0 Å². The Kier molecular flexibility index (Phi) is 14.9. The molecule has 4 radical (unpaired) electrons. The maximum atomic E-state index is 9.47. The van der Waals surface area contributed by atoms with Crippen molar-refractivity contribution in [3.05, 3.63) is 6.42 Å². The maximum absolute atomic E-state index is 9.47. The molecule has 0 fully saturated rings. The fourth-order valence-corrected chi connectivity index (χ4v) is 0.118. The zero-order valence-electron chi connectivity index (χ0n) is 3.98. The van der Waals surface area contributed by atoms with Crippen LogP contribution in [0.25, 0.3) is 0 Å². The molecular weight excluding hydrogens is 134 g/mol. The van der Waals surface area contributed by atoms with E-state index >= 15 is 0 Å². The summed E-state index contributed by atoms with van der Waals surface area (Å²) in [5, 5.41) is 9.47. The van der Waals surface area contributed by atoms with E-state index < -0.39 is 0 Å². The minimum Gasteiger partial charge on any atom is -0.854 e. The monoisotopic (exact) mass is 143 g/mol. The SMILES string of the molecule is CC[CH]C[O-].[Ga].[HH]. The van der Waals surface area contributed by atoms with Crippen LogP contribution in [-0.2, 0) is 0 Å². The average molecular weight is 144 g/mol. The van der Waals surface area contributed by atoms with Gasteiger partial charge in [0.15, 0.2) is 0 Å². The molecular formula is C4H10GaO-. The maximum Gasteiger partial charge on any atom is 0 e. The fourth-order valence-electron chi connectivity index (χ4n) is 0.118. The number of unbranched alkanes of at least 4 members (excludes halogenated alkanes) is 1. The van der Waals surface area contributed by atoms with E-state index in [1.54, 1.807) is 6.42 Å². The molecule has 0 atom stereocenters. The van der Waals surface area contributed by atoms with Gasteiger partial charge in [-0.1, -0.05) is 19.8 Å². The topological polar surface area (TPSA) is 23.1 Å². The van der Waals surface area contributed by atoms with Crippen molar-refractivity contribution in [2.24, 2.45) is 0 Å². The summed E-state index contributed by atoms with van der Waals surface area (Å²) in [5.74, 6) is 0. The molecule has 0 amide bonds. The summed E-state index contributed by atoms with van der Waals surface area (Å²) in [6, 6.07) is 0. The van der Waals surface area contributed by atoms with E-state index in [0.717, 1.165) is 6.42 Å². The van der Waals surface area contributed by atoms with Crippen molar-refractivity contribution in [3.8, 4) is 0 Å². The van der Waals surface area contributed by atoms with Gasteiger partial charge in [-0.15, -0.1) is 6.61 Å². The van der Waals surface area contributed by atoms with E-state index in [1.165, 1.54) is 0 Å². The Morgan fingerprint density at radius 1 is 1.83 bits per heavy atom. The van der Waals surface area contributed by atoms with Crippen LogP contribution >= 0.6 is 0 Å². The van der Waals surface area contributed by atoms with Crippen LogP contribution in [0.1, 0.15) is 14.8 Å². The molecule has 0 rings (SSSR count). The second-order valence-corrected chi connectivity index (χ2v) is 0.864. The molecule has 36 valence electrons. The molecule has 0 heterocycles. The molecule has 1 nitrogen and oxygen atoms in total. The Balaban J connectivity index is -0.0000000800. The third-order valence-electron chi connectivity index (χ3n) is 0.407. The minimum atomic E-state index is -0.0312. The van der Waals surface area contributed by atoms with E-state index in [2.05, 4.69) is 0 Å². The summed E-state index contributed by atoms with van der Waals surface area (Å²) in [7, 11) is 0. The molecule has 0 aliphatic heterocycles. The van der Waals surface area contributed by atoms with Crippen molar-refractivity contribution in [2.75, 3.05) is 6.61 Å². The van der Waals surface area contributed by atoms with Crippen LogP contribution in [0.3, 0.4) is 0 Å². The van der Waals surface area contributed by atoms with Gasteiger partial charge in [-0.05, 0) is 0 Å². The quantitative estimate of drug-likeness (QED) is 0.493. The second kappa shape index (κ2) is 9.14. The van der Waals surface area contributed by atoms with E-state index in [0.29, 0.717) is 0 Å². The van der Waals surface area contributed by atoms with Crippen molar-refractivity contribution < 1.29 is 6.53 Å². The van der Waals surface area contributed by atoms with E-state index in [-0.39, 0.29) is 27.8 Å². The summed E-state index contributed by atoms with van der Waals surface area (Å²) in [5.41, 5.74) is 0. The molecule has 0 aliphatic rings. The van der Waals surface area contributed by atoms with Gasteiger partial charge >= 0.3 is 0 Å². The van der Waals surface area contributed by atoms with Gasteiger partial charge in [0.1, 0.15) is 0 Å². The standard InChI is InChI=1S/C4H8O.Ga.H2/c1-2-3-4-5;;/h3H,2,4H2,1H3;;1H/q-1;;. The number of hydrogen-bond acceptors (Lipinski definition) is 1. The van der Waals surface area contributed by atoms with Crippen LogP contribution in [0.5, 0.6) is 0 Å². The number of hydrogen-bond donors (Lipinski definition) is 0. The Morgan fingerprint density at radius 3 is 2.33 bits per heavy atom. The predicted molar refractivity (Wildman–Crippen MR) is 27.3 cm³/mol. The zero-order valence-corrected chi connectivity index (χ0v) is 6.40. The van der Waals surface area contributed by atoms with Crippen LogP contribution in [0.2, 0.25) is 0 Å². The molecule has 0 aromatic heterocycles. The summed E-state index contributed by atoms with van der Waals surface area (Å²) in [6.45, 7) is 1.92. The van der Waals surface area contributed by atoms with Crippen LogP contribution in [0, 0.1) is 6.42 Å². The summed E-state index contributed by atoms with van der Waals surface area (Å²) >= 11 is 0. The third-order valence-corrected chi connectivity index (χ3v) is 0.407. The molecule has 6 heavy (non-hydrogen) atoms. The Morgan fingerprint density at radius 2 is 2.33 bits per heavy atom. The molecule has 0 unspecified atom stereocenters. The first kappa shape index (κ1) is 9.78. The largest absolute Gasteiger partial charge is 0.854 e.